The predicted molar refractivity (Wildman–Crippen MR) is 111 cm³/mol. The highest BCUT2D eigenvalue weighted by atomic mass is 32.1. The van der Waals surface area contributed by atoms with E-state index in [0.29, 0.717) is 23.2 Å². The molecule has 0 atom stereocenters. The molecule has 5 nitrogen and oxygen atoms in total. The van der Waals surface area contributed by atoms with Crippen LogP contribution in [-0.2, 0) is 6.61 Å². The molecule has 1 aliphatic carbocycles. The molecular formula is C22H23N3O2S. The number of carbonyl (C=O) groups is 1. The molecule has 1 N–H and O–H groups in total. The second kappa shape index (κ2) is 8.97. The molecule has 1 saturated carbocycles. The van der Waals surface area contributed by atoms with Crippen LogP contribution in [0.3, 0.4) is 0 Å². The van der Waals surface area contributed by atoms with Crippen LogP contribution in [0.15, 0.2) is 54.6 Å². The zero-order valence-electron chi connectivity index (χ0n) is 15.6. The van der Waals surface area contributed by atoms with E-state index in [4.69, 9.17) is 4.74 Å². The number of rotatable bonds is 6. The number of anilines is 1. The molecule has 0 spiro atoms. The summed E-state index contributed by atoms with van der Waals surface area (Å²) >= 11 is 1.49. The van der Waals surface area contributed by atoms with Crippen molar-refractivity contribution in [2.45, 2.75) is 44.6 Å². The van der Waals surface area contributed by atoms with Gasteiger partial charge in [-0.2, -0.15) is 0 Å². The van der Waals surface area contributed by atoms with Crippen molar-refractivity contribution in [3.05, 3.63) is 70.7 Å². The van der Waals surface area contributed by atoms with Gasteiger partial charge in [0.2, 0.25) is 5.13 Å². The predicted octanol–water partition coefficient (Wildman–Crippen LogP) is 5.42. The van der Waals surface area contributed by atoms with Crippen molar-refractivity contribution in [1.82, 2.24) is 10.2 Å². The van der Waals surface area contributed by atoms with E-state index >= 15 is 0 Å². The van der Waals surface area contributed by atoms with E-state index in [-0.39, 0.29) is 5.91 Å². The Labute approximate surface area is 168 Å². The molecule has 144 valence electrons. The van der Waals surface area contributed by atoms with E-state index in [1.54, 1.807) is 12.1 Å². The smallest absolute Gasteiger partial charge is 0.257 e. The molecule has 1 aliphatic rings. The summed E-state index contributed by atoms with van der Waals surface area (Å²) in [6.07, 6.45) is 6.17. The average molecular weight is 394 g/mol. The Morgan fingerprint density at radius 2 is 1.75 bits per heavy atom. The van der Waals surface area contributed by atoms with Crippen LogP contribution in [0.1, 0.15) is 59.0 Å². The number of nitrogens with one attached hydrogen (secondary N) is 1. The van der Waals surface area contributed by atoms with Gasteiger partial charge < -0.3 is 4.74 Å². The van der Waals surface area contributed by atoms with E-state index in [1.165, 1.54) is 43.4 Å². The topological polar surface area (TPSA) is 64.1 Å². The van der Waals surface area contributed by atoms with Gasteiger partial charge in [0.05, 0.1) is 0 Å². The number of benzene rings is 2. The monoisotopic (exact) mass is 393 g/mol. The van der Waals surface area contributed by atoms with Crippen LogP contribution in [0.25, 0.3) is 0 Å². The zero-order chi connectivity index (χ0) is 19.2. The van der Waals surface area contributed by atoms with E-state index in [0.717, 1.165) is 16.3 Å². The van der Waals surface area contributed by atoms with E-state index < -0.39 is 0 Å². The molecule has 0 unspecified atom stereocenters. The molecule has 1 amide bonds. The van der Waals surface area contributed by atoms with Crippen LogP contribution >= 0.6 is 11.3 Å². The van der Waals surface area contributed by atoms with E-state index in [1.807, 2.05) is 42.5 Å². The minimum absolute atomic E-state index is 0.180. The first-order valence-electron chi connectivity index (χ1n) is 9.69. The average Bonchev–Trinajstić information content (AvgIpc) is 3.22. The highest BCUT2D eigenvalue weighted by Gasteiger charge is 2.20. The van der Waals surface area contributed by atoms with Crippen LogP contribution in [-0.4, -0.2) is 16.1 Å². The lowest BCUT2D eigenvalue weighted by molar-refractivity contribution is 0.102. The lowest BCUT2D eigenvalue weighted by Gasteiger charge is -2.18. The fourth-order valence-corrected chi connectivity index (χ4v) is 4.32. The maximum absolute atomic E-state index is 12.5. The highest BCUT2D eigenvalue weighted by Crippen LogP contribution is 2.35. The first-order valence-corrected chi connectivity index (χ1v) is 10.5. The fraction of sp³-hybridized carbons (Fsp3) is 0.318. The molecule has 1 heterocycles. The number of ether oxygens (including phenoxy) is 1. The number of hydrogen-bond acceptors (Lipinski definition) is 5. The standard InChI is InChI=1S/C22H23N3O2S/c26-20(23-22-25-24-21(28-22)18-9-5-2-6-10-18)17-11-13-19(14-12-17)27-15-16-7-3-1-4-8-16/h1,3-4,7-8,11-14,18H,2,5-6,9-10,15H2,(H,23,25,26). The van der Waals surface area contributed by atoms with Gasteiger partial charge in [-0.15, -0.1) is 10.2 Å². The SMILES string of the molecule is O=C(Nc1nnc(C2CCCCC2)s1)c1ccc(OCc2ccccc2)cc1. The van der Waals surface area contributed by atoms with Crippen LogP contribution in [0.4, 0.5) is 5.13 Å². The summed E-state index contributed by atoms with van der Waals surface area (Å²) in [5, 5.41) is 12.9. The number of amides is 1. The summed E-state index contributed by atoms with van der Waals surface area (Å²) in [5.41, 5.74) is 1.68. The van der Waals surface area contributed by atoms with Gasteiger partial charge in [0.15, 0.2) is 0 Å². The van der Waals surface area contributed by atoms with Crippen LogP contribution in [0.2, 0.25) is 0 Å². The van der Waals surface area contributed by atoms with Gasteiger partial charge in [0.1, 0.15) is 17.4 Å². The van der Waals surface area contributed by atoms with Crippen molar-refractivity contribution in [3.63, 3.8) is 0 Å². The van der Waals surface area contributed by atoms with Crippen molar-refractivity contribution in [2.75, 3.05) is 5.32 Å². The molecule has 6 heteroatoms. The second-order valence-corrected chi connectivity index (χ2v) is 8.04. The molecule has 1 fully saturated rings. The fourth-order valence-electron chi connectivity index (χ4n) is 3.41. The Hall–Kier alpha value is -2.73. The molecule has 0 bridgehead atoms. The number of carbonyl (C=O) groups excluding carboxylic acids is 1. The Balaban J connectivity index is 1.32. The number of aromatic nitrogens is 2. The van der Waals surface area contributed by atoms with Gasteiger partial charge in [0, 0.05) is 11.5 Å². The van der Waals surface area contributed by atoms with Crippen molar-refractivity contribution in [3.8, 4) is 5.75 Å². The molecule has 3 aromatic rings. The summed E-state index contributed by atoms with van der Waals surface area (Å²) in [5.74, 6) is 1.05. The third-order valence-corrected chi connectivity index (χ3v) is 5.98. The molecular weight excluding hydrogens is 370 g/mol. The maximum atomic E-state index is 12.5. The summed E-state index contributed by atoms with van der Waals surface area (Å²) in [4.78, 5) is 12.5. The summed E-state index contributed by atoms with van der Waals surface area (Å²) in [7, 11) is 0. The summed E-state index contributed by atoms with van der Waals surface area (Å²) in [6, 6.07) is 17.1. The minimum atomic E-state index is -0.180. The van der Waals surface area contributed by atoms with Gasteiger partial charge in [-0.3, -0.25) is 10.1 Å². The van der Waals surface area contributed by atoms with Crippen LogP contribution in [0.5, 0.6) is 5.75 Å². The molecule has 1 aromatic heterocycles. The number of hydrogen-bond donors (Lipinski definition) is 1. The third-order valence-electron chi connectivity index (χ3n) is 4.98. The zero-order valence-corrected chi connectivity index (χ0v) is 16.5. The Morgan fingerprint density at radius 1 is 1.00 bits per heavy atom. The Bertz CT molecular complexity index is 903. The Kier molecular flexibility index (Phi) is 5.97. The van der Waals surface area contributed by atoms with Gasteiger partial charge >= 0.3 is 0 Å². The van der Waals surface area contributed by atoms with Gasteiger partial charge in [-0.1, -0.05) is 60.9 Å². The van der Waals surface area contributed by atoms with E-state index in [9.17, 15) is 4.79 Å². The lowest BCUT2D eigenvalue weighted by atomic mass is 9.90. The largest absolute Gasteiger partial charge is 0.489 e. The quantitative estimate of drug-likeness (QED) is 0.607. The maximum Gasteiger partial charge on any atom is 0.257 e. The summed E-state index contributed by atoms with van der Waals surface area (Å²) < 4.78 is 5.76. The van der Waals surface area contributed by atoms with E-state index in [2.05, 4.69) is 15.5 Å². The molecule has 0 aliphatic heterocycles. The van der Waals surface area contributed by atoms with Crippen molar-refractivity contribution in [1.29, 1.82) is 0 Å². The van der Waals surface area contributed by atoms with Gasteiger partial charge in [-0.05, 0) is 42.7 Å². The lowest BCUT2D eigenvalue weighted by Crippen LogP contribution is -2.11. The van der Waals surface area contributed by atoms with Crippen molar-refractivity contribution >= 4 is 22.4 Å². The molecule has 2 aromatic carbocycles. The third kappa shape index (κ3) is 4.75. The second-order valence-electron chi connectivity index (χ2n) is 7.03. The van der Waals surface area contributed by atoms with Crippen LogP contribution < -0.4 is 10.1 Å². The van der Waals surface area contributed by atoms with Crippen molar-refractivity contribution in [2.24, 2.45) is 0 Å². The highest BCUT2D eigenvalue weighted by molar-refractivity contribution is 7.15. The van der Waals surface area contributed by atoms with Crippen molar-refractivity contribution < 1.29 is 9.53 Å². The Morgan fingerprint density at radius 3 is 2.50 bits per heavy atom. The first kappa shape index (κ1) is 18.6. The van der Waals surface area contributed by atoms with Gasteiger partial charge in [-0.25, -0.2) is 0 Å². The molecule has 4 rings (SSSR count). The van der Waals surface area contributed by atoms with Crippen LogP contribution in [0, 0.1) is 0 Å². The molecule has 0 saturated heterocycles. The first-order chi connectivity index (χ1) is 13.8. The molecule has 0 radical (unpaired) electrons. The summed E-state index contributed by atoms with van der Waals surface area (Å²) in [6.45, 7) is 0.501. The van der Waals surface area contributed by atoms with Gasteiger partial charge in [0.25, 0.3) is 5.91 Å². The molecule has 28 heavy (non-hydrogen) atoms. The normalized spacial score (nSPS) is 14.6. The minimum Gasteiger partial charge on any atom is -0.489 e. The number of nitrogens with zero attached hydrogens (tertiary/aromatic N) is 2.